The van der Waals surface area contributed by atoms with Crippen LogP contribution in [0.2, 0.25) is 10.0 Å². The highest BCUT2D eigenvalue weighted by Crippen LogP contribution is 2.31. The molecule has 0 atom stereocenters. The van der Waals surface area contributed by atoms with Crippen LogP contribution in [0.3, 0.4) is 0 Å². The number of ether oxygens (including phenoxy) is 1. The van der Waals surface area contributed by atoms with Crippen LogP contribution in [0.25, 0.3) is 0 Å². The van der Waals surface area contributed by atoms with Gasteiger partial charge in [-0.2, -0.15) is 5.10 Å². The molecule has 2 rings (SSSR count). The lowest BCUT2D eigenvalue weighted by molar-refractivity contribution is 0.176. The molecule has 1 heterocycles. The van der Waals surface area contributed by atoms with Crippen molar-refractivity contribution in [2.24, 2.45) is 17.9 Å². The van der Waals surface area contributed by atoms with Crippen molar-refractivity contribution in [3.8, 4) is 0 Å². The summed E-state index contributed by atoms with van der Waals surface area (Å²) in [6, 6.07) is 4.77. The summed E-state index contributed by atoms with van der Waals surface area (Å²) in [5.41, 5.74) is 7.28. The van der Waals surface area contributed by atoms with Gasteiger partial charge in [-0.05, 0) is 29.7 Å². The van der Waals surface area contributed by atoms with E-state index in [-0.39, 0.29) is 23.9 Å². The molecular weight excluding hydrogens is 421 g/mol. The summed E-state index contributed by atoms with van der Waals surface area (Å²) in [6.07, 6.45) is -0.516. The second-order valence-electron chi connectivity index (χ2n) is 6.56. The van der Waals surface area contributed by atoms with Crippen molar-refractivity contribution in [3.63, 3.8) is 0 Å². The SMILES string of the molecule is CC(C)c1cc(Cc2c(Cl)cc(NC(=O)OCC(N)=NO)cc2Cl)nn(C)c1=O. The number of amidine groups is 1. The first-order chi connectivity index (χ1) is 13.6. The van der Waals surface area contributed by atoms with Crippen LogP contribution in [-0.4, -0.2) is 33.5 Å². The van der Waals surface area contributed by atoms with Crippen LogP contribution in [0.5, 0.6) is 0 Å². The van der Waals surface area contributed by atoms with E-state index in [1.54, 1.807) is 13.1 Å². The molecule has 4 N–H and O–H groups in total. The van der Waals surface area contributed by atoms with Crippen molar-refractivity contribution in [1.82, 2.24) is 9.78 Å². The van der Waals surface area contributed by atoms with Gasteiger partial charge in [0.2, 0.25) is 0 Å². The maximum Gasteiger partial charge on any atom is 0.412 e. The number of carbonyl (C=O) groups is 1. The fourth-order valence-electron chi connectivity index (χ4n) is 2.54. The summed E-state index contributed by atoms with van der Waals surface area (Å²) in [5, 5.41) is 18.5. The van der Waals surface area contributed by atoms with E-state index in [1.165, 1.54) is 16.8 Å². The third-order valence-electron chi connectivity index (χ3n) is 3.99. The number of nitrogens with zero attached hydrogens (tertiary/aromatic N) is 3. The minimum Gasteiger partial charge on any atom is -0.441 e. The van der Waals surface area contributed by atoms with Crippen LogP contribution in [-0.2, 0) is 18.2 Å². The summed E-state index contributed by atoms with van der Waals surface area (Å²) >= 11 is 12.7. The third kappa shape index (κ3) is 5.85. The Morgan fingerprint density at radius 3 is 2.52 bits per heavy atom. The molecule has 0 radical (unpaired) electrons. The Hall–Kier alpha value is -2.78. The predicted octanol–water partition coefficient (Wildman–Crippen LogP) is 3.10. The number of oxime groups is 1. The van der Waals surface area contributed by atoms with E-state index in [9.17, 15) is 9.59 Å². The van der Waals surface area contributed by atoms with Crippen LogP contribution in [0.15, 0.2) is 28.1 Å². The number of hydrogen-bond donors (Lipinski definition) is 3. The van der Waals surface area contributed by atoms with Gasteiger partial charge in [0.1, 0.15) is 0 Å². The molecule has 0 spiro atoms. The molecule has 1 amide bonds. The summed E-state index contributed by atoms with van der Waals surface area (Å²) in [7, 11) is 1.59. The normalized spacial score (nSPS) is 11.6. The van der Waals surface area contributed by atoms with Gasteiger partial charge in [0.05, 0.1) is 5.69 Å². The molecule has 1 aromatic heterocycles. The Labute approximate surface area is 177 Å². The topological polar surface area (TPSA) is 132 Å². The second kappa shape index (κ2) is 9.62. The number of aryl methyl sites for hydroxylation is 1. The van der Waals surface area contributed by atoms with E-state index in [4.69, 9.17) is 38.9 Å². The molecule has 9 nitrogen and oxygen atoms in total. The number of benzene rings is 1. The molecule has 0 saturated heterocycles. The average molecular weight is 442 g/mol. The van der Waals surface area contributed by atoms with E-state index >= 15 is 0 Å². The summed E-state index contributed by atoms with van der Waals surface area (Å²) in [5.74, 6) is -0.207. The number of halogens is 2. The number of hydrogen-bond acceptors (Lipinski definition) is 6. The maximum atomic E-state index is 12.2. The maximum absolute atomic E-state index is 12.2. The van der Waals surface area contributed by atoms with Crippen molar-refractivity contribution in [2.45, 2.75) is 26.2 Å². The Bertz CT molecular complexity index is 981. The van der Waals surface area contributed by atoms with Crippen LogP contribution >= 0.6 is 23.2 Å². The van der Waals surface area contributed by atoms with Gasteiger partial charge in [-0.1, -0.05) is 42.2 Å². The fraction of sp³-hybridized carbons (Fsp3) is 0.333. The summed E-state index contributed by atoms with van der Waals surface area (Å²) in [6.45, 7) is 3.48. The van der Waals surface area contributed by atoms with E-state index < -0.39 is 6.09 Å². The molecule has 29 heavy (non-hydrogen) atoms. The van der Waals surface area contributed by atoms with Gasteiger partial charge in [0, 0.05) is 34.8 Å². The molecule has 0 saturated carbocycles. The average Bonchev–Trinajstić information content (AvgIpc) is 2.65. The smallest absolute Gasteiger partial charge is 0.412 e. The molecule has 156 valence electrons. The molecule has 0 aliphatic heterocycles. The van der Waals surface area contributed by atoms with Gasteiger partial charge in [0.15, 0.2) is 12.4 Å². The molecule has 1 aromatic carbocycles. The number of carbonyl (C=O) groups excluding carboxylic acids is 1. The molecule has 0 aliphatic carbocycles. The quantitative estimate of drug-likeness (QED) is 0.273. The first-order valence-electron chi connectivity index (χ1n) is 8.57. The minimum atomic E-state index is -0.821. The first kappa shape index (κ1) is 22.5. The van der Waals surface area contributed by atoms with Crippen LogP contribution in [0.1, 0.15) is 36.6 Å². The van der Waals surface area contributed by atoms with Gasteiger partial charge in [-0.15, -0.1) is 0 Å². The van der Waals surface area contributed by atoms with E-state index in [0.29, 0.717) is 39.0 Å². The molecular formula is C18H21Cl2N5O4. The van der Waals surface area contributed by atoms with Crippen molar-refractivity contribution >= 4 is 40.8 Å². The molecule has 0 unspecified atom stereocenters. The van der Waals surface area contributed by atoms with Crippen LogP contribution < -0.4 is 16.6 Å². The van der Waals surface area contributed by atoms with Gasteiger partial charge in [-0.25, -0.2) is 9.48 Å². The predicted molar refractivity (Wildman–Crippen MR) is 111 cm³/mol. The standard InChI is InChI=1S/C18H21Cl2N5O4/c1-9(2)12-4-11(23-25(3)17(12)26)5-13-14(19)6-10(7-15(13)20)22-18(27)29-8-16(21)24-28/h4,6-7,9,28H,5,8H2,1-3H3,(H2,21,24)(H,22,27). The Morgan fingerprint density at radius 1 is 1.34 bits per heavy atom. The lowest BCUT2D eigenvalue weighted by Gasteiger charge is -2.13. The van der Waals surface area contributed by atoms with Gasteiger partial charge in [-0.3, -0.25) is 10.1 Å². The highest BCUT2D eigenvalue weighted by atomic mass is 35.5. The molecule has 0 fully saturated rings. The molecule has 0 aliphatic rings. The van der Waals surface area contributed by atoms with Crippen molar-refractivity contribution in [3.05, 3.63) is 55.4 Å². The zero-order valence-corrected chi connectivity index (χ0v) is 17.6. The Balaban J connectivity index is 2.22. The molecule has 0 bridgehead atoms. The highest BCUT2D eigenvalue weighted by molar-refractivity contribution is 6.36. The Kier molecular flexibility index (Phi) is 7.46. The highest BCUT2D eigenvalue weighted by Gasteiger charge is 2.15. The largest absolute Gasteiger partial charge is 0.441 e. The fourth-order valence-corrected chi connectivity index (χ4v) is 3.16. The van der Waals surface area contributed by atoms with Gasteiger partial charge >= 0.3 is 6.09 Å². The monoisotopic (exact) mass is 441 g/mol. The summed E-state index contributed by atoms with van der Waals surface area (Å²) < 4.78 is 6.06. The van der Waals surface area contributed by atoms with Gasteiger partial charge < -0.3 is 15.7 Å². The zero-order valence-electron chi connectivity index (χ0n) is 16.1. The van der Waals surface area contributed by atoms with E-state index in [2.05, 4.69) is 15.6 Å². The molecule has 11 heteroatoms. The molecule has 2 aromatic rings. The number of aromatic nitrogens is 2. The lowest BCUT2D eigenvalue weighted by Crippen LogP contribution is -2.25. The number of nitrogens with one attached hydrogen (secondary N) is 1. The number of amides is 1. The van der Waals surface area contributed by atoms with Crippen LogP contribution in [0, 0.1) is 0 Å². The number of rotatable bonds is 6. The zero-order chi connectivity index (χ0) is 21.7. The van der Waals surface area contributed by atoms with Gasteiger partial charge in [0.25, 0.3) is 5.56 Å². The van der Waals surface area contributed by atoms with Crippen molar-refractivity contribution in [2.75, 3.05) is 11.9 Å². The third-order valence-corrected chi connectivity index (χ3v) is 4.66. The minimum absolute atomic E-state index is 0.0453. The van der Waals surface area contributed by atoms with E-state index in [0.717, 1.165) is 0 Å². The lowest BCUT2D eigenvalue weighted by atomic mass is 10.0. The number of anilines is 1. The van der Waals surface area contributed by atoms with Crippen molar-refractivity contribution in [1.29, 1.82) is 0 Å². The van der Waals surface area contributed by atoms with Crippen molar-refractivity contribution < 1.29 is 14.7 Å². The summed E-state index contributed by atoms with van der Waals surface area (Å²) in [4.78, 5) is 23.9. The first-order valence-corrected chi connectivity index (χ1v) is 9.33. The Morgan fingerprint density at radius 2 is 1.97 bits per heavy atom. The number of nitrogens with two attached hydrogens (primary N) is 1. The van der Waals surface area contributed by atoms with E-state index in [1.807, 2.05) is 13.8 Å². The van der Waals surface area contributed by atoms with Crippen LogP contribution in [0.4, 0.5) is 10.5 Å². The second-order valence-corrected chi connectivity index (χ2v) is 7.38.